The largest absolute Gasteiger partial charge is 0.454 e. The Morgan fingerprint density at radius 1 is 1.22 bits per heavy atom. The van der Waals surface area contributed by atoms with Crippen molar-refractivity contribution in [2.75, 3.05) is 19.1 Å². The van der Waals surface area contributed by atoms with Crippen LogP contribution < -0.4 is 20.5 Å². The van der Waals surface area contributed by atoms with Crippen molar-refractivity contribution in [1.82, 2.24) is 24.8 Å². The third kappa shape index (κ3) is 4.22. The maximum atomic E-state index is 12.1. The molecule has 0 unspecified atom stereocenters. The van der Waals surface area contributed by atoms with Crippen molar-refractivity contribution in [2.45, 2.75) is 38.3 Å². The standard InChI is InChI=1S/C21H23ClN6O4/c22-20-26-18(23)17-19(27-20)28(10-25-17)14-4-1-12(2-5-14)9-30-21(29)24-8-13-3-6-15-16(7-13)32-11-31-15/h3,6-7,10,12,14H,1-2,4-5,8-9,11H2,(H,24,29)(H2,23,26,27). The molecule has 1 amide bonds. The summed E-state index contributed by atoms with van der Waals surface area (Å²) in [5.41, 5.74) is 8.04. The van der Waals surface area contributed by atoms with Crippen molar-refractivity contribution in [3.05, 3.63) is 35.4 Å². The van der Waals surface area contributed by atoms with Crippen LogP contribution in [0.2, 0.25) is 5.28 Å². The maximum Gasteiger partial charge on any atom is 0.407 e. The lowest BCUT2D eigenvalue weighted by Crippen LogP contribution is -2.28. The van der Waals surface area contributed by atoms with Crippen LogP contribution in [0.15, 0.2) is 24.5 Å². The van der Waals surface area contributed by atoms with Gasteiger partial charge in [0.2, 0.25) is 12.1 Å². The van der Waals surface area contributed by atoms with E-state index in [0.717, 1.165) is 37.0 Å². The summed E-state index contributed by atoms with van der Waals surface area (Å²) in [5, 5.41) is 2.90. The van der Waals surface area contributed by atoms with Gasteiger partial charge in [0.1, 0.15) is 5.52 Å². The van der Waals surface area contributed by atoms with Gasteiger partial charge in [-0.25, -0.2) is 9.78 Å². The quantitative estimate of drug-likeness (QED) is 0.556. The van der Waals surface area contributed by atoms with Crippen LogP contribution in [0.5, 0.6) is 11.5 Å². The van der Waals surface area contributed by atoms with Crippen LogP contribution in [0.3, 0.4) is 0 Å². The highest BCUT2D eigenvalue weighted by atomic mass is 35.5. The van der Waals surface area contributed by atoms with Gasteiger partial charge < -0.3 is 29.8 Å². The van der Waals surface area contributed by atoms with E-state index in [-0.39, 0.29) is 23.9 Å². The zero-order valence-corrected chi connectivity index (χ0v) is 18.0. The van der Waals surface area contributed by atoms with E-state index < -0.39 is 6.09 Å². The summed E-state index contributed by atoms with van der Waals surface area (Å²) in [6.07, 6.45) is 5.06. The third-order valence-corrected chi connectivity index (χ3v) is 6.12. The smallest absolute Gasteiger partial charge is 0.407 e. The molecule has 0 spiro atoms. The molecule has 0 radical (unpaired) electrons. The number of nitrogens with two attached hydrogens (primary N) is 1. The second-order valence-electron chi connectivity index (χ2n) is 8.02. The number of ether oxygens (including phenoxy) is 3. The van der Waals surface area contributed by atoms with E-state index in [9.17, 15) is 4.79 Å². The number of hydrogen-bond acceptors (Lipinski definition) is 8. The fourth-order valence-corrected chi connectivity index (χ4v) is 4.41. The van der Waals surface area contributed by atoms with Gasteiger partial charge in [0.15, 0.2) is 23.0 Å². The number of rotatable bonds is 5. The van der Waals surface area contributed by atoms with Gasteiger partial charge in [0.25, 0.3) is 0 Å². The highest BCUT2D eigenvalue weighted by Crippen LogP contribution is 2.35. The number of imidazole rings is 1. The second-order valence-corrected chi connectivity index (χ2v) is 8.35. The highest BCUT2D eigenvalue weighted by Gasteiger charge is 2.25. The lowest BCUT2D eigenvalue weighted by Gasteiger charge is -2.29. The number of aromatic nitrogens is 4. The van der Waals surface area contributed by atoms with Crippen molar-refractivity contribution in [3.63, 3.8) is 0 Å². The number of carbonyl (C=O) groups excluding carboxylic acids is 1. The zero-order chi connectivity index (χ0) is 22.1. The number of nitrogens with zero attached hydrogens (tertiary/aromatic N) is 4. The fourth-order valence-electron chi connectivity index (χ4n) is 4.24. The molecule has 0 saturated heterocycles. The first-order valence-corrected chi connectivity index (χ1v) is 10.9. The Balaban J connectivity index is 1.09. The number of nitrogen functional groups attached to an aromatic ring is 1. The molecule has 3 aromatic rings. The molecule has 32 heavy (non-hydrogen) atoms. The van der Waals surface area contributed by atoms with Gasteiger partial charge in [-0.05, 0) is 60.9 Å². The number of fused-ring (bicyclic) bond motifs is 2. The van der Waals surface area contributed by atoms with Gasteiger partial charge in [0, 0.05) is 12.6 Å². The number of halogens is 1. The van der Waals surface area contributed by atoms with E-state index >= 15 is 0 Å². The summed E-state index contributed by atoms with van der Waals surface area (Å²) in [7, 11) is 0. The number of anilines is 1. The van der Waals surface area contributed by atoms with Crippen LogP contribution in [-0.4, -0.2) is 39.0 Å². The molecule has 1 aromatic carbocycles. The Hall–Kier alpha value is -3.27. The maximum absolute atomic E-state index is 12.1. The molecule has 5 rings (SSSR count). The summed E-state index contributed by atoms with van der Waals surface area (Å²) in [4.78, 5) is 24.7. The predicted molar refractivity (Wildman–Crippen MR) is 116 cm³/mol. The Morgan fingerprint density at radius 3 is 2.88 bits per heavy atom. The molecule has 0 bridgehead atoms. The first-order valence-electron chi connectivity index (χ1n) is 10.5. The molecule has 11 heteroatoms. The van der Waals surface area contributed by atoms with Crippen molar-refractivity contribution in [2.24, 2.45) is 5.92 Å². The summed E-state index contributed by atoms with van der Waals surface area (Å²) in [6, 6.07) is 5.83. The number of benzene rings is 1. The first-order chi connectivity index (χ1) is 15.6. The van der Waals surface area contributed by atoms with Gasteiger partial charge in [0.05, 0.1) is 12.9 Å². The molecule has 0 atom stereocenters. The number of alkyl carbamates (subject to hydrolysis) is 1. The monoisotopic (exact) mass is 458 g/mol. The van der Waals surface area contributed by atoms with Crippen molar-refractivity contribution in [3.8, 4) is 11.5 Å². The number of amides is 1. The Morgan fingerprint density at radius 2 is 2.03 bits per heavy atom. The molecule has 168 valence electrons. The molecule has 1 aliphatic carbocycles. The Labute approximate surface area is 189 Å². The number of carbonyl (C=O) groups is 1. The van der Waals surface area contributed by atoms with Gasteiger partial charge in [-0.1, -0.05) is 6.07 Å². The van der Waals surface area contributed by atoms with Crippen LogP contribution >= 0.6 is 11.6 Å². The molecule has 3 heterocycles. The number of hydrogen-bond donors (Lipinski definition) is 2. The van der Waals surface area contributed by atoms with Crippen LogP contribution in [0.4, 0.5) is 10.6 Å². The summed E-state index contributed by atoms with van der Waals surface area (Å²) in [6.45, 7) is 0.984. The number of nitrogens with one attached hydrogen (secondary N) is 1. The van der Waals surface area contributed by atoms with E-state index in [1.807, 2.05) is 22.8 Å². The van der Waals surface area contributed by atoms with E-state index in [1.165, 1.54) is 0 Å². The minimum absolute atomic E-state index is 0.116. The van der Waals surface area contributed by atoms with E-state index in [1.54, 1.807) is 6.33 Å². The molecule has 2 aliphatic rings. The Kier molecular flexibility index (Phi) is 5.60. The van der Waals surface area contributed by atoms with Gasteiger partial charge in [-0.15, -0.1) is 0 Å². The average Bonchev–Trinajstić information content (AvgIpc) is 3.43. The molecule has 10 nitrogen and oxygen atoms in total. The van der Waals surface area contributed by atoms with Gasteiger partial charge in [-0.2, -0.15) is 9.97 Å². The van der Waals surface area contributed by atoms with E-state index in [4.69, 9.17) is 31.5 Å². The van der Waals surface area contributed by atoms with Crippen molar-refractivity contribution < 1.29 is 19.0 Å². The van der Waals surface area contributed by atoms with Gasteiger partial charge >= 0.3 is 6.09 Å². The topological polar surface area (TPSA) is 126 Å². The summed E-state index contributed by atoms with van der Waals surface area (Å²) < 4.78 is 18.1. The predicted octanol–water partition coefficient (Wildman–Crippen LogP) is 3.45. The van der Waals surface area contributed by atoms with Crippen LogP contribution in [0.25, 0.3) is 11.2 Å². The highest BCUT2D eigenvalue weighted by molar-refractivity contribution is 6.28. The van der Waals surface area contributed by atoms with Crippen molar-refractivity contribution >= 4 is 34.7 Å². The summed E-state index contributed by atoms with van der Waals surface area (Å²) in [5.74, 6) is 2.01. The minimum atomic E-state index is -0.424. The fraction of sp³-hybridized carbons (Fsp3) is 0.429. The van der Waals surface area contributed by atoms with E-state index in [2.05, 4.69) is 20.3 Å². The molecule has 1 saturated carbocycles. The lowest BCUT2D eigenvalue weighted by atomic mass is 9.86. The zero-order valence-electron chi connectivity index (χ0n) is 17.3. The van der Waals surface area contributed by atoms with Crippen LogP contribution in [-0.2, 0) is 11.3 Å². The molecule has 1 fully saturated rings. The van der Waals surface area contributed by atoms with E-state index in [0.29, 0.717) is 36.0 Å². The van der Waals surface area contributed by atoms with Gasteiger partial charge in [-0.3, -0.25) is 0 Å². The molecular formula is C21H23ClN6O4. The Bertz CT molecular complexity index is 1140. The van der Waals surface area contributed by atoms with Crippen LogP contribution in [0.1, 0.15) is 37.3 Å². The molecule has 3 N–H and O–H groups in total. The lowest BCUT2D eigenvalue weighted by molar-refractivity contribution is 0.109. The normalized spacial score (nSPS) is 19.8. The average molecular weight is 459 g/mol. The first kappa shape index (κ1) is 20.6. The molecule has 2 aromatic heterocycles. The SMILES string of the molecule is Nc1nc(Cl)nc2c1ncn2C1CCC(COC(=O)NCc2ccc3c(c2)OCO3)CC1. The van der Waals surface area contributed by atoms with Crippen LogP contribution in [0, 0.1) is 5.92 Å². The van der Waals surface area contributed by atoms with Crippen molar-refractivity contribution in [1.29, 1.82) is 0 Å². The molecular weight excluding hydrogens is 436 g/mol. The molecule has 1 aliphatic heterocycles. The third-order valence-electron chi connectivity index (χ3n) is 5.95. The second kappa shape index (κ2) is 8.70. The summed E-state index contributed by atoms with van der Waals surface area (Å²) >= 11 is 5.97. The minimum Gasteiger partial charge on any atom is -0.454 e.